The third kappa shape index (κ3) is 2.08. The molecule has 0 fully saturated rings. The number of rotatable bonds is 3. The number of carboxylic acid groups (broad SMARTS) is 1. The van der Waals surface area contributed by atoms with E-state index in [1.165, 1.54) is 0 Å². The molecular formula is C9H14N2O2. The molecule has 0 bridgehead atoms. The van der Waals surface area contributed by atoms with Gasteiger partial charge in [0.2, 0.25) is 0 Å². The Balaban J connectivity index is 2.93. The highest BCUT2D eigenvalue weighted by Crippen LogP contribution is 2.20. The summed E-state index contributed by atoms with van der Waals surface area (Å²) in [5.74, 6) is 0.0457. The molecule has 1 rings (SSSR count). The first-order chi connectivity index (χ1) is 5.93. The van der Waals surface area contributed by atoms with Gasteiger partial charge in [0.25, 0.3) is 0 Å². The lowest BCUT2D eigenvalue weighted by molar-refractivity contribution is -0.138. The number of nitrogens with zero attached hydrogens (tertiary/aromatic N) is 2. The lowest BCUT2D eigenvalue weighted by Gasteiger charge is -2.25. The minimum absolute atomic E-state index is 0.101. The smallest absolute Gasteiger partial charge is 0.305 e. The Kier molecular flexibility index (Phi) is 2.40. The highest BCUT2D eigenvalue weighted by Gasteiger charge is 2.24. The quantitative estimate of drug-likeness (QED) is 0.768. The molecule has 0 spiro atoms. The monoisotopic (exact) mass is 182 g/mol. The molecule has 13 heavy (non-hydrogen) atoms. The van der Waals surface area contributed by atoms with Crippen LogP contribution in [0, 0.1) is 6.92 Å². The minimum Gasteiger partial charge on any atom is -0.481 e. The van der Waals surface area contributed by atoms with Crippen LogP contribution in [0.2, 0.25) is 0 Å². The van der Waals surface area contributed by atoms with Crippen molar-refractivity contribution in [3.63, 3.8) is 0 Å². The molecule has 1 N–H and O–H groups in total. The summed E-state index contributed by atoms with van der Waals surface area (Å²) >= 11 is 0. The first-order valence-corrected chi connectivity index (χ1v) is 4.16. The maximum atomic E-state index is 10.6. The number of imidazole rings is 1. The third-order valence-electron chi connectivity index (χ3n) is 2.06. The number of aryl methyl sites for hydroxylation is 1. The lowest BCUT2D eigenvalue weighted by atomic mass is 10.0. The zero-order valence-corrected chi connectivity index (χ0v) is 8.11. The number of carboxylic acids is 1. The van der Waals surface area contributed by atoms with Crippen LogP contribution in [-0.2, 0) is 10.3 Å². The number of hydrogen-bond acceptors (Lipinski definition) is 2. The average Bonchev–Trinajstić information content (AvgIpc) is 2.32. The Morgan fingerprint density at radius 1 is 1.69 bits per heavy atom. The van der Waals surface area contributed by atoms with Crippen LogP contribution >= 0.6 is 0 Å². The van der Waals surface area contributed by atoms with E-state index < -0.39 is 11.5 Å². The van der Waals surface area contributed by atoms with E-state index >= 15 is 0 Å². The van der Waals surface area contributed by atoms with Gasteiger partial charge in [0.15, 0.2) is 0 Å². The van der Waals surface area contributed by atoms with Crippen LogP contribution in [-0.4, -0.2) is 20.6 Å². The molecular weight excluding hydrogens is 168 g/mol. The Hall–Kier alpha value is -1.32. The summed E-state index contributed by atoms with van der Waals surface area (Å²) in [5, 5.41) is 8.71. The van der Waals surface area contributed by atoms with Crippen molar-refractivity contribution < 1.29 is 9.90 Å². The van der Waals surface area contributed by atoms with E-state index in [0.29, 0.717) is 0 Å². The van der Waals surface area contributed by atoms with Crippen molar-refractivity contribution in [1.82, 2.24) is 9.55 Å². The van der Waals surface area contributed by atoms with Crippen LogP contribution in [0.15, 0.2) is 12.4 Å². The molecule has 0 atom stereocenters. The summed E-state index contributed by atoms with van der Waals surface area (Å²) in [7, 11) is 0. The van der Waals surface area contributed by atoms with Crippen molar-refractivity contribution in [2.45, 2.75) is 32.7 Å². The van der Waals surface area contributed by atoms with Crippen LogP contribution in [0.3, 0.4) is 0 Å². The Morgan fingerprint density at radius 3 is 2.69 bits per heavy atom. The molecule has 0 saturated heterocycles. The van der Waals surface area contributed by atoms with E-state index in [1.807, 2.05) is 25.3 Å². The minimum atomic E-state index is -0.793. The largest absolute Gasteiger partial charge is 0.481 e. The number of hydrogen-bond donors (Lipinski definition) is 1. The van der Waals surface area contributed by atoms with E-state index in [4.69, 9.17) is 5.11 Å². The molecule has 0 aliphatic heterocycles. The normalized spacial score (nSPS) is 11.6. The zero-order valence-electron chi connectivity index (χ0n) is 8.11. The number of aliphatic carboxylic acids is 1. The van der Waals surface area contributed by atoms with Gasteiger partial charge in [0.05, 0.1) is 12.0 Å². The summed E-state index contributed by atoms with van der Waals surface area (Å²) in [4.78, 5) is 14.6. The predicted molar refractivity (Wildman–Crippen MR) is 48.5 cm³/mol. The van der Waals surface area contributed by atoms with Crippen LogP contribution in [0.5, 0.6) is 0 Å². The van der Waals surface area contributed by atoms with E-state index in [2.05, 4.69) is 4.98 Å². The molecule has 0 aromatic carbocycles. The van der Waals surface area contributed by atoms with Crippen molar-refractivity contribution in [2.24, 2.45) is 0 Å². The fraction of sp³-hybridized carbons (Fsp3) is 0.556. The molecule has 72 valence electrons. The fourth-order valence-electron chi connectivity index (χ4n) is 1.47. The molecule has 1 aromatic heterocycles. The van der Waals surface area contributed by atoms with Crippen molar-refractivity contribution in [1.29, 1.82) is 0 Å². The molecule has 0 unspecified atom stereocenters. The van der Waals surface area contributed by atoms with Crippen LogP contribution in [0.4, 0.5) is 0 Å². The van der Waals surface area contributed by atoms with Crippen molar-refractivity contribution in [3.8, 4) is 0 Å². The first kappa shape index (κ1) is 9.77. The van der Waals surface area contributed by atoms with E-state index in [1.54, 1.807) is 12.4 Å². The number of carbonyl (C=O) groups is 1. The van der Waals surface area contributed by atoms with Crippen LogP contribution in [0.1, 0.15) is 26.1 Å². The molecule has 1 aromatic rings. The van der Waals surface area contributed by atoms with Crippen LogP contribution < -0.4 is 0 Å². The summed E-state index contributed by atoms with van der Waals surface area (Å²) in [6.45, 7) is 5.63. The second kappa shape index (κ2) is 3.20. The van der Waals surface area contributed by atoms with Crippen molar-refractivity contribution in [3.05, 3.63) is 18.2 Å². The summed E-state index contributed by atoms with van der Waals surface area (Å²) < 4.78 is 1.88. The fourth-order valence-corrected chi connectivity index (χ4v) is 1.47. The van der Waals surface area contributed by atoms with Gasteiger partial charge < -0.3 is 9.67 Å². The van der Waals surface area contributed by atoms with Gasteiger partial charge in [-0.2, -0.15) is 0 Å². The van der Waals surface area contributed by atoms with Gasteiger partial charge in [-0.05, 0) is 20.8 Å². The summed E-state index contributed by atoms with van der Waals surface area (Å²) in [6, 6.07) is 0. The standard InChI is InChI=1S/C9H14N2O2/c1-7-10-4-5-11(7)9(2,3)6-8(12)13/h4-5H,6H2,1-3H3,(H,12,13). The highest BCUT2D eigenvalue weighted by atomic mass is 16.4. The summed E-state index contributed by atoms with van der Waals surface area (Å²) in [6.07, 6.45) is 3.58. The van der Waals surface area contributed by atoms with Crippen molar-refractivity contribution >= 4 is 5.97 Å². The second-order valence-electron chi connectivity index (χ2n) is 3.73. The molecule has 0 saturated carbocycles. The second-order valence-corrected chi connectivity index (χ2v) is 3.73. The SMILES string of the molecule is Cc1nccn1C(C)(C)CC(=O)O. The molecule has 1 heterocycles. The summed E-state index contributed by atoms with van der Waals surface area (Å²) in [5.41, 5.74) is -0.410. The lowest BCUT2D eigenvalue weighted by Crippen LogP contribution is -2.29. The predicted octanol–water partition coefficient (Wildman–Crippen LogP) is 1.40. The van der Waals surface area contributed by atoms with Gasteiger partial charge in [-0.3, -0.25) is 4.79 Å². The third-order valence-corrected chi connectivity index (χ3v) is 2.06. The Labute approximate surface area is 77.2 Å². The molecule has 0 aliphatic carbocycles. The van der Waals surface area contributed by atoms with Crippen LogP contribution in [0.25, 0.3) is 0 Å². The number of aromatic nitrogens is 2. The van der Waals surface area contributed by atoms with Gasteiger partial charge >= 0.3 is 5.97 Å². The van der Waals surface area contributed by atoms with Crippen molar-refractivity contribution in [2.75, 3.05) is 0 Å². The Bertz CT molecular complexity index is 315. The molecule has 0 radical (unpaired) electrons. The van der Waals surface area contributed by atoms with Gasteiger partial charge in [-0.15, -0.1) is 0 Å². The average molecular weight is 182 g/mol. The molecule has 4 nitrogen and oxygen atoms in total. The molecule has 4 heteroatoms. The van der Waals surface area contributed by atoms with Gasteiger partial charge in [0.1, 0.15) is 5.82 Å². The maximum absolute atomic E-state index is 10.6. The highest BCUT2D eigenvalue weighted by molar-refractivity contribution is 5.67. The molecule has 0 aliphatic rings. The Morgan fingerprint density at radius 2 is 2.31 bits per heavy atom. The zero-order chi connectivity index (χ0) is 10.1. The first-order valence-electron chi connectivity index (χ1n) is 4.16. The van der Waals surface area contributed by atoms with Gasteiger partial charge in [-0.1, -0.05) is 0 Å². The van der Waals surface area contributed by atoms with Gasteiger partial charge in [-0.25, -0.2) is 4.98 Å². The van der Waals surface area contributed by atoms with E-state index in [9.17, 15) is 4.79 Å². The van der Waals surface area contributed by atoms with E-state index in [0.717, 1.165) is 5.82 Å². The van der Waals surface area contributed by atoms with Gasteiger partial charge in [0, 0.05) is 12.4 Å². The maximum Gasteiger partial charge on any atom is 0.305 e. The van der Waals surface area contributed by atoms with E-state index in [-0.39, 0.29) is 6.42 Å². The molecule has 0 amide bonds. The topological polar surface area (TPSA) is 55.1 Å².